The average molecular weight is 1160 g/mol. The summed E-state index contributed by atoms with van der Waals surface area (Å²) in [7, 11) is -4.39. The molecular formula is C71H130NO8P. The standard InChI is InChI=1S/C71H130NO8P/c1-3-5-7-9-11-13-15-17-19-21-23-24-25-26-27-28-29-30-31-32-33-34-35-36-37-38-39-40-41-42-43-44-46-48-50-52-54-56-58-60-62-64-71(74)80-69(68-79-81(75,76)78-66-65-72)67-77-70(73)63-61-59-57-55-53-51-49-47-45-22-20-18-16-14-12-10-8-6-4-2/h12,14-15,17-18,20-21,23,25-26,45,47,69H,3-11,13,16,19,22,24,27-44,46,48-68,72H2,1-2H3,(H,75,76)/b14-12-,17-15-,20-18-,23-21-,26-25-,47-45-. The molecule has 0 bridgehead atoms. The molecule has 472 valence electrons. The van der Waals surface area contributed by atoms with Crippen molar-refractivity contribution in [2.24, 2.45) is 5.73 Å². The molecule has 9 nitrogen and oxygen atoms in total. The van der Waals surface area contributed by atoms with Gasteiger partial charge in [-0.3, -0.25) is 18.6 Å². The Morgan fingerprint density at radius 1 is 0.370 bits per heavy atom. The number of carbonyl (C=O) groups excluding carboxylic acids is 2. The van der Waals surface area contributed by atoms with Crippen LogP contribution < -0.4 is 5.73 Å². The zero-order chi connectivity index (χ0) is 58.7. The third kappa shape index (κ3) is 66.5. The van der Waals surface area contributed by atoms with Gasteiger partial charge in [0.25, 0.3) is 0 Å². The molecule has 0 spiro atoms. The maximum atomic E-state index is 12.7. The van der Waals surface area contributed by atoms with Gasteiger partial charge >= 0.3 is 19.8 Å². The molecule has 2 unspecified atom stereocenters. The first-order chi connectivity index (χ1) is 39.8. The molecule has 0 fully saturated rings. The zero-order valence-corrected chi connectivity index (χ0v) is 53.9. The van der Waals surface area contributed by atoms with Crippen molar-refractivity contribution in [3.05, 3.63) is 72.9 Å². The lowest BCUT2D eigenvalue weighted by molar-refractivity contribution is -0.161. The lowest BCUT2D eigenvalue weighted by atomic mass is 10.0. The summed E-state index contributed by atoms with van der Waals surface area (Å²) in [5.74, 6) is -0.831. The van der Waals surface area contributed by atoms with Gasteiger partial charge in [-0.2, -0.15) is 0 Å². The average Bonchev–Trinajstić information content (AvgIpc) is 3.46. The van der Waals surface area contributed by atoms with Crippen LogP contribution in [0.2, 0.25) is 0 Å². The molecule has 3 N–H and O–H groups in total. The van der Waals surface area contributed by atoms with Crippen LogP contribution in [0.5, 0.6) is 0 Å². The van der Waals surface area contributed by atoms with E-state index in [4.69, 9.17) is 24.3 Å². The van der Waals surface area contributed by atoms with Crippen LogP contribution in [0.25, 0.3) is 0 Å². The molecule has 0 aromatic rings. The summed E-state index contributed by atoms with van der Waals surface area (Å²) >= 11 is 0. The van der Waals surface area contributed by atoms with Crippen molar-refractivity contribution >= 4 is 19.8 Å². The first kappa shape index (κ1) is 78.5. The van der Waals surface area contributed by atoms with Crippen molar-refractivity contribution in [1.29, 1.82) is 0 Å². The third-order valence-corrected chi connectivity index (χ3v) is 16.0. The van der Waals surface area contributed by atoms with E-state index in [0.717, 1.165) is 70.6 Å². The van der Waals surface area contributed by atoms with Crippen molar-refractivity contribution < 1.29 is 37.6 Å². The second-order valence-electron chi connectivity index (χ2n) is 23.0. The number of unbranched alkanes of at least 4 members (excludes halogenated alkanes) is 40. The number of hydrogen-bond donors (Lipinski definition) is 2. The number of rotatable bonds is 65. The van der Waals surface area contributed by atoms with E-state index in [1.807, 2.05) is 0 Å². The second kappa shape index (κ2) is 66.6. The van der Waals surface area contributed by atoms with Crippen LogP contribution in [-0.4, -0.2) is 49.3 Å². The molecule has 0 amide bonds. The molecule has 0 aliphatic heterocycles. The summed E-state index contributed by atoms with van der Waals surface area (Å²) in [5, 5.41) is 0. The summed E-state index contributed by atoms with van der Waals surface area (Å²) in [6, 6.07) is 0. The Morgan fingerprint density at radius 3 is 0.975 bits per heavy atom. The zero-order valence-electron chi connectivity index (χ0n) is 53.0. The van der Waals surface area contributed by atoms with Gasteiger partial charge in [-0.25, -0.2) is 4.57 Å². The highest BCUT2D eigenvalue weighted by Gasteiger charge is 2.26. The van der Waals surface area contributed by atoms with Crippen LogP contribution in [-0.2, 0) is 32.7 Å². The number of hydrogen-bond acceptors (Lipinski definition) is 8. The molecule has 0 aromatic heterocycles. The third-order valence-electron chi connectivity index (χ3n) is 15.1. The number of ether oxygens (including phenoxy) is 2. The van der Waals surface area contributed by atoms with E-state index in [1.165, 1.54) is 231 Å². The van der Waals surface area contributed by atoms with Gasteiger partial charge in [0.05, 0.1) is 13.2 Å². The topological polar surface area (TPSA) is 134 Å². The minimum absolute atomic E-state index is 0.0508. The van der Waals surface area contributed by atoms with E-state index < -0.39 is 26.5 Å². The van der Waals surface area contributed by atoms with E-state index >= 15 is 0 Å². The predicted molar refractivity (Wildman–Crippen MR) is 349 cm³/mol. The summed E-state index contributed by atoms with van der Waals surface area (Å²) in [4.78, 5) is 35.3. The maximum absolute atomic E-state index is 12.7. The number of nitrogens with two attached hydrogens (primary N) is 1. The number of allylic oxidation sites excluding steroid dienone is 12. The summed E-state index contributed by atoms with van der Waals surface area (Å²) in [5.41, 5.74) is 5.39. The van der Waals surface area contributed by atoms with Gasteiger partial charge < -0.3 is 20.1 Å². The summed E-state index contributed by atoms with van der Waals surface area (Å²) in [6.45, 7) is 3.73. The van der Waals surface area contributed by atoms with E-state index in [0.29, 0.717) is 6.42 Å². The molecule has 0 aliphatic carbocycles. The van der Waals surface area contributed by atoms with Crippen LogP contribution in [0.1, 0.15) is 335 Å². The van der Waals surface area contributed by atoms with Crippen molar-refractivity contribution in [3.8, 4) is 0 Å². The van der Waals surface area contributed by atoms with Gasteiger partial charge in [-0.15, -0.1) is 0 Å². The number of esters is 2. The fraction of sp³-hybridized carbons (Fsp3) is 0.803. The van der Waals surface area contributed by atoms with E-state index in [2.05, 4.69) is 86.8 Å². The highest BCUT2D eigenvalue weighted by molar-refractivity contribution is 7.47. The summed E-state index contributed by atoms with van der Waals surface area (Å²) < 4.78 is 33.1. The van der Waals surface area contributed by atoms with Crippen molar-refractivity contribution in [1.82, 2.24) is 0 Å². The molecule has 2 atom stereocenters. The molecule has 0 saturated heterocycles. The van der Waals surface area contributed by atoms with Crippen molar-refractivity contribution in [2.75, 3.05) is 26.4 Å². The minimum Gasteiger partial charge on any atom is -0.462 e. The first-order valence-electron chi connectivity index (χ1n) is 34.4. The molecular weight excluding hydrogens is 1030 g/mol. The molecule has 0 saturated carbocycles. The smallest absolute Gasteiger partial charge is 0.462 e. The molecule has 0 aromatic carbocycles. The quantitative estimate of drug-likeness (QED) is 0.0264. The maximum Gasteiger partial charge on any atom is 0.472 e. The van der Waals surface area contributed by atoms with Crippen LogP contribution in [0, 0.1) is 0 Å². The highest BCUT2D eigenvalue weighted by Crippen LogP contribution is 2.43. The van der Waals surface area contributed by atoms with Gasteiger partial charge in [-0.1, -0.05) is 305 Å². The lowest BCUT2D eigenvalue weighted by Gasteiger charge is -2.19. The highest BCUT2D eigenvalue weighted by atomic mass is 31.2. The number of phosphoric ester groups is 1. The van der Waals surface area contributed by atoms with Crippen LogP contribution >= 0.6 is 7.82 Å². The Balaban J connectivity index is 3.78. The van der Waals surface area contributed by atoms with E-state index in [-0.39, 0.29) is 38.6 Å². The van der Waals surface area contributed by atoms with Gasteiger partial charge in [0, 0.05) is 19.4 Å². The van der Waals surface area contributed by atoms with Crippen molar-refractivity contribution in [3.63, 3.8) is 0 Å². The molecule has 0 rings (SSSR count). The van der Waals surface area contributed by atoms with E-state index in [9.17, 15) is 19.0 Å². The Hall–Kier alpha value is -2.55. The Kier molecular flexibility index (Phi) is 64.5. The normalized spacial score (nSPS) is 13.4. The van der Waals surface area contributed by atoms with Crippen LogP contribution in [0.4, 0.5) is 0 Å². The number of phosphoric acid groups is 1. The Morgan fingerprint density at radius 2 is 0.642 bits per heavy atom. The lowest BCUT2D eigenvalue weighted by Crippen LogP contribution is -2.29. The Bertz CT molecular complexity index is 1560. The van der Waals surface area contributed by atoms with Gasteiger partial charge in [0.15, 0.2) is 6.10 Å². The van der Waals surface area contributed by atoms with Gasteiger partial charge in [0.2, 0.25) is 0 Å². The summed E-state index contributed by atoms with van der Waals surface area (Å²) in [6.07, 6.45) is 87.2. The SMILES string of the molecule is CCCCC/C=C\C/C=C\C/C=C\CCCCCCCCC(=O)OCC(COP(=O)(O)OCCN)OC(=O)CCCCCCCCCCCCCCCCCCCCCCCCCCCC/C=C\C/C=C\C/C=C\CCCCCCC. The molecule has 81 heavy (non-hydrogen) atoms. The van der Waals surface area contributed by atoms with Crippen molar-refractivity contribution in [2.45, 2.75) is 341 Å². The first-order valence-corrected chi connectivity index (χ1v) is 35.9. The minimum atomic E-state index is -4.39. The largest absolute Gasteiger partial charge is 0.472 e. The van der Waals surface area contributed by atoms with Crippen LogP contribution in [0.3, 0.4) is 0 Å². The van der Waals surface area contributed by atoms with Gasteiger partial charge in [-0.05, 0) is 89.9 Å². The number of carbonyl (C=O) groups is 2. The molecule has 0 radical (unpaired) electrons. The second-order valence-corrected chi connectivity index (χ2v) is 24.5. The Labute approximate surface area is 501 Å². The molecule has 10 heteroatoms. The van der Waals surface area contributed by atoms with Gasteiger partial charge in [0.1, 0.15) is 6.61 Å². The fourth-order valence-corrected chi connectivity index (χ4v) is 10.7. The molecule has 0 aliphatic rings. The van der Waals surface area contributed by atoms with Crippen LogP contribution in [0.15, 0.2) is 72.9 Å². The monoisotopic (exact) mass is 1160 g/mol. The van der Waals surface area contributed by atoms with E-state index in [1.54, 1.807) is 0 Å². The predicted octanol–water partition coefficient (Wildman–Crippen LogP) is 22.4. The fourth-order valence-electron chi connectivity index (χ4n) is 9.95. The molecule has 0 heterocycles.